The van der Waals surface area contributed by atoms with E-state index in [1.807, 2.05) is 18.2 Å². The molecule has 1 aromatic carbocycles. The minimum atomic E-state index is 0.582. The lowest BCUT2D eigenvalue weighted by atomic mass is 10.1. The number of ether oxygens (including phenoxy) is 2. The molecule has 0 bridgehead atoms. The smallest absolute Gasteiger partial charge is 0.193 e. The maximum absolute atomic E-state index is 5.76. The van der Waals surface area contributed by atoms with Gasteiger partial charge in [-0.1, -0.05) is 12.1 Å². The monoisotopic (exact) mass is 319 g/mol. The van der Waals surface area contributed by atoms with E-state index in [9.17, 15) is 0 Å². The quantitative estimate of drug-likeness (QED) is 0.476. The molecule has 5 heteroatoms. The first-order chi connectivity index (χ1) is 11.2. The molecule has 0 amide bonds. The number of nitrogens with zero attached hydrogens (tertiary/aromatic N) is 2. The molecule has 1 aromatic rings. The van der Waals surface area contributed by atoms with Crippen LogP contribution in [-0.4, -0.2) is 57.4 Å². The van der Waals surface area contributed by atoms with Crippen molar-refractivity contribution in [3.05, 3.63) is 29.8 Å². The number of hydrogen-bond acceptors (Lipinski definition) is 3. The van der Waals surface area contributed by atoms with E-state index in [1.165, 1.54) is 5.56 Å². The third kappa shape index (κ3) is 6.10. The summed E-state index contributed by atoms with van der Waals surface area (Å²) in [4.78, 5) is 6.85. The molecular weight excluding hydrogens is 290 g/mol. The van der Waals surface area contributed by atoms with Crippen LogP contribution in [0.1, 0.15) is 18.9 Å². The van der Waals surface area contributed by atoms with E-state index in [1.54, 1.807) is 0 Å². The van der Waals surface area contributed by atoms with Crippen molar-refractivity contribution in [2.24, 2.45) is 10.9 Å². The SMILES string of the molecule is CCNC(=NCCOc1cccc(C)c1)N(C)CC1CCOC1. The molecule has 1 N–H and O–H groups in total. The van der Waals surface area contributed by atoms with Crippen LogP contribution in [0, 0.1) is 12.8 Å². The number of hydrogen-bond donors (Lipinski definition) is 1. The highest BCUT2D eigenvalue weighted by Crippen LogP contribution is 2.13. The summed E-state index contributed by atoms with van der Waals surface area (Å²) in [6.07, 6.45) is 1.14. The van der Waals surface area contributed by atoms with Crippen LogP contribution in [0.2, 0.25) is 0 Å². The molecule has 0 spiro atoms. The molecule has 0 aliphatic carbocycles. The second-order valence-corrected chi connectivity index (χ2v) is 6.01. The maximum Gasteiger partial charge on any atom is 0.193 e. The van der Waals surface area contributed by atoms with Crippen molar-refractivity contribution >= 4 is 5.96 Å². The van der Waals surface area contributed by atoms with Gasteiger partial charge in [-0.05, 0) is 38.0 Å². The zero-order valence-corrected chi connectivity index (χ0v) is 14.5. The number of nitrogens with one attached hydrogen (secondary N) is 1. The van der Waals surface area contributed by atoms with Crippen LogP contribution in [0.3, 0.4) is 0 Å². The van der Waals surface area contributed by atoms with Gasteiger partial charge in [0.1, 0.15) is 12.4 Å². The van der Waals surface area contributed by atoms with Crippen molar-refractivity contribution in [2.45, 2.75) is 20.3 Å². The Morgan fingerprint density at radius 2 is 2.35 bits per heavy atom. The van der Waals surface area contributed by atoms with E-state index in [-0.39, 0.29) is 0 Å². The van der Waals surface area contributed by atoms with Crippen molar-refractivity contribution in [2.75, 3.05) is 46.5 Å². The summed E-state index contributed by atoms with van der Waals surface area (Å²) in [6.45, 7) is 8.96. The van der Waals surface area contributed by atoms with Crippen molar-refractivity contribution in [3.8, 4) is 5.75 Å². The first-order valence-electron chi connectivity index (χ1n) is 8.45. The van der Waals surface area contributed by atoms with Gasteiger partial charge in [0.05, 0.1) is 13.2 Å². The first kappa shape index (κ1) is 17.6. The van der Waals surface area contributed by atoms with Gasteiger partial charge in [-0.25, -0.2) is 4.99 Å². The van der Waals surface area contributed by atoms with Gasteiger partial charge in [0.15, 0.2) is 5.96 Å². The lowest BCUT2D eigenvalue weighted by molar-refractivity contribution is 0.181. The predicted molar refractivity (Wildman–Crippen MR) is 94.2 cm³/mol. The van der Waals surface area contributed by atoms with E-state index in [0.29, 0.717) is 19.1 Å². The van der Waals surface area contributed by atoms with Gasteiger partial charge in [-0.15, -0.1) is 0 Å². The van der Waals surface area contributed by atoms with E-state index < -0.39 is 0 Å². The number of guanidine groups is 1. The highest BCUT2D eigenvalue weighted by atomic mass is 16.5. The van der Waals surface area contributed by atoms with Gasteiger partial charge < -0.3 is 19.7 Å². The molecule has 2 rings (SSSR count). The zero-order chi connectivity index (χ0) is 16.5. The van der Waals surface area contributed by atoms with Gasteiger partial charge in [0, 0.05) is 32.7 Å². The van der Waals surface area contributed by atoms with Crippen LogP contribution in [0.4, 0.5) is 0 Å². The molecule has 0 saturated carbocycles. The Balaban J connectivity index is 1.80. The molecule has 128 valence electrons. The Labute approximate surface area is 139 Å². The minimum Gasteiger partial charge on any atom is -0.492 e. The van der Waals surface area contributed by atoms with Crippen LogP contribution in [0.25, 0.3) is 0 Å². The second-order valence-electron chi connectivity index (χ2n) is 6.01. The van der Waals surface area contributed by atoms with Crippen LogP contribution in [0.15, 0.2) is 29.3 Å². The molecule has 1 atom stereocenters. The highest BCUT2D eigenvalue weighted by molar-refractivity contribution is 5.79. The van der Waals surface area contributed by atoms with Crippen LogP contribution < -0.4 is 10.1 Å². The molecule has 1 unspecified atom stereocenters. The van der Waals surface area contributed by atoms with Crippen molar-refractivity contribution in [1.29, 1.82) is 0 Å². The number of benzene rings is 1. The molecule has 0 radical (unpaired) electrons. The normalized spacial score (nSPS) is 18.0. The molecule has 5 nitrogen and oxygen atoms in total. The van der Waals surface area contributed by atoms with Crippen LogP contribution in [0.5, 0.6) is 5.75 Å². The summed E-state index contributed by atoms with van der Waals surface area (Å²) >= 11 is 0. The predicted octanol–water partition coefficient (Wildman–Crippen LogP) is 2.31. The Bertz CT molecular complexity index is 499. The molecule has 1 saturated heterocycles. The molecule has 23 heavy (non-hydrogen) atoms. The maximum atomic E-state index is 5.76. The van der Waals surface area contributed by atoms with Crippen LogP contribution >= 0.6 is 0 Å². The number of rotatable bonds is 7. The Morgan fingerprint density at radius 3 is 3.04 bits per heavy atom. The lowest BCUT2D eigenvalue weighted by Gasteiger charge is -2.24. The average molecular weight is 319 g/mol. The summed E-state index contributed by atoms with van der Waals surface area (Å²) in [5.41, 5.74) is 1.21. The summed E-state index contributed by atoms with van der Waals surface area (Å²) in [5.74, 6) is 2.45. The molecule has 1 heterocycles. The van der Waals surface area contributed by atoms with Crippen LogP contribution in [-0.2, 0) is 4.74 Å². The Morgan fingerprint density at radius 1 is 1.48 bits per heavy atom. The highest BCUT2D eigenvalue weighted by Gasteiger charge is 2.18. The first-order valence-corrected chi connectivity index (χ1v) is 8.45. The Kier molecular flexibility index (Phi) is 7.20. The van der Waals surface area contributed by atoms with Gasteiger partial charge >= 0.3 is 0 Å². The largest absolute Gasteiger partial charge is 0.492 e. The van der Waals surface area contributed by atoms with Crippen molar-refractivity contribution < 1.29 is 9.47 Å². The van der Waals surface area contributed by atoms with Crippen molar-refractivity contribution in [1.82, 2.24) is 10.2 Å². The number of aliphatic imine (C=N–C) groups is 1. The molecular formula is C18H29N3O2. The standard InChI is InChI=1S/C18H29N3O2/c1-4-19-18(21(3)13-16-8-10-22-14-16)20-9-11-23-17-7-5-6-15(2)12-17/h5-7,12,16H,4,8-11,13-14H2,1-3H3,(H,19,20). The van der Waals surface area contributed by atoms with E-state index >= 15 is 0 Å². The lowest BCUT2D eigenvalue weighted by Crippen LogP contribution is -2.41. The third-order valence-corrected chi connectivity index (χ3v) is 3.86. The van der Waals surface area contributed by atoms with Gasteiger partial charge in [0.2, 0.25) is 0 Å². The fourth-order valence-corrected chi connectivity index (χ4v) is 2.69. The fraction of sp³-hybridized carbons (Fsp3) is 0.611. The third-order valence-electron chi connectivity index (χ3n) is 3.86. The summed E-state index contributed by atoms with van der Waals surface area (Å²) in [6, 6.07) is 8.10. The molecule has 0 aromatic heterocycles. The van der Waals surface area contributed by atoms with E-state index in [2.05, 4.69) is 42.2 Å². The number of aryl methyl sites for hydroxylation is 1. The Hall–Kier alpha value is -1.75. The van der Waals surface area contributed by atoms with Crippen molar-refractivity contribution in [3.63, 3.8) is 0 Å². The second kappa shape index (κ2) is 9.40. The summed E-state index contributed by atoms with van der Waals surface area (Å²) in [5, 5.41) is 3.34. The average Bonchev–Trinajstić information content (AvgIpc) is 3.03. The van der Waals surface area contributed by atoms with Gasteiger partial charge in [-0.2, -0.15) is 0 Å². The summed E-state index contributed by atoms with van der Waals surface area (Å²) < 4.78 is 11.2. The summed E-state index contributed by atoms with van der Waals surface area (Å²) in [7, 11) is 2.08. The van der Waals surface area contributed by atoms with E-state index in [4.69, 9.17) is 9.47 Å². The van der Waals surface area contributed by atoms with Gasteiger partial charge in [-0.3, -0.25) is 0 Å². The molecule has 1 aliphatic heterocycles. The topological polar surface area (TPSA) is 46.1 Å². The molecule has 1 aliphatic rings. The molecule has 1 fully saturated rings. The fourth-order valence-electron chi connectivity index (χ4n) is 2.69. The minimum absolute atomic E-state index is 0.582. The van der Waals surface area contributed by atoms with Gasteiger partial charge in [0.25, 0.3) is 0 Å². The van der Waals surface area contributed by atoms with E-state index in [0.717, 1.165) is 44.4 Å². The zero-order valence-electron chi connectivity index (χ0n) is 14.5.